The lowest BCUT2D eigenvalue weighted by atomic mass is 9.95. The number of hydrogen-bond donors (Lipinski definition) is 0. The van der Waals surface area contributed by atoms with Crippen LogP contribution in [0.2, 0.25) is 0 Å². The summed E-state index contributed by atoms with van der Waals surface area (Å²) in [5.74, 6) is -0.778. The van der Waals surface area contributed by atoms with E-state index in [0.29, 0.717) is 24.8 Å². The van der Waals surface area contributed by atoms with Gasteiger partial charge in [0.1, 0.15) is 18.0 Å². The molecule has 0 aliphatic heterocycles. The maximum absolute atomic E-state index is 13.0. The first-order valence-electron chi connectivity index (χ1n) is 9.81. The van der Waals surface area contributed by atoms with Gasteiger partial charge in [-0.2, -0.15) is 0 Å². The summed E-state index contributed by atoms with van der Waals surface area (Å²) in [7, 11) is 0. The van der Waals surface area contributed by atoms with Crippen molar-refractivity contribution in [1.82, 2.24) is 0 Å². The number of ether oxygens (including phenoxy) is 2. The van der Waals surface area contributed by atoms with Crippen molar-refractivity contribution in [2.24, 2.45) is 0 Å². The lowest BCUT2D eigenvalue weighted by Crippen LogP contribution is -2.29. The zero-order valence-electron chi connectivity index (χ0n) is 16.0. The second-order valence-corrected chi connectivity index (χ2v) is 7.13. The van der Waals surface area contributed by atoms with Crippen LogP contribution in [0.3, 0.4) is 0 Å². The zero-order chi connectivity index (χ0) is 19.9. The second-order valence-electron chi connectivity index (χ2n) is 7.13. The molecule has 5 heteroatoms. The molecule has 2 aromatic carbocycles. The minimum absolute atomic E-state index is 0.0657. The summed E-state index contributed by atoms with van der Waals surface area (Å²) >= 11 is 0. The lowest BCUT2D eigenvalue weighted by molar-refractivity contribution is -0.151. The first-order chi connectivity index (χ1) is 13.5. The SMILES string of the molecule is CCCC(=O)O[C@H]1CC[C@H](OC(=O)c2ccc(-c3ccc(F)cc3)cc2)CC1. The van der Waals surface area contributed by atoms with Crippen molar-refractivity contribution in [2.75, 3.05) is 0 Å². The summed E-state index contributed by atoms with van der Waals surface area (Å²) < 4.78 is 24.1. The Morgan fingerprint density at radius 2 is 1.36 bits per heavy atom. The third-order valence-corrected chi connectivity index (χ3v) is 4.95. The number of rotatable bonds is 6. The maximum Gasteiger partial charge on any atom is 0.338 e. The molecule has 1 fully saturated rings. The van der Waals surface area contributed by atoms with Gasteiger partial charge in [-0.25, -0.2) is 9.18 Å². The summed E-state index contributed by atoms with van der Waals surface area (Å²) in [6.07, 6.45) is 3.85. The molecule has 1 aliphatic rings. The number of hydrogen-bond acceptors (Lipinski definition) is 4. The van der Waals surface area contributed by atoms with E-state index in [1.165, 1.54) is 12.1 Å². The highest BCUT2D eigenvalue weighted by molar-refractivity contribution is 5.90. The van der Waals surface area contributed by atoms with Gasteiger partial charge < -0.3 is 9.47 Å². The van der Waals surface area contributed by atoms with E-state index in [0.717, 1.165) is 30.4 Å². The number of carbonyl (C=O) groups excluding carboxylic acids is 2. The highest BCUT2D eigenvalue weighted by Crippen LogP contribution is 2.25. The molecule has 0 bridgehead atoms. The Labute approximate surface area is 164 Å². The van der Waals surface area contributed by atoms with Crippen LogP contribution in [0.25, 0.3) is 11.1 Å². The standard InChI is InChI=1S/C23H25FO4/c1-2-3-22(25)27-20-12-14-21(15-13-20)28-23(26)18-6-4-16(5-7-18)17-8-10-19(24)11-9-17/h4-11,20-21H,2-3,12-15H2,1H3/t20-,21-. The van der Waals surface area contributed by atoms with Crippen molar-refractivity contribution in [3.05, 3.63) is 59.9 Å². The van der Waals surface area contributed by atoms with Crippen molar-refractivity contribution in [1.29, 1.82) is 0 Å². The number of carbonyl (C=O) groups is 2. The van der Waals surface area contributed by atoms with Crippen molar-refractivity contribution in [3.63, 3.8) is 0 Å². The van der Waals surface area contributed by atoms with Crippen LogP contribution in [0.1, 0.15) is 55.8 Å². The lowest BCUT2D eigenvalue weighted by Gasteiger charge is -2.28. The second kappa shape index (κ2) is 9.49. The molecule has 3 rings (SSSR count). The van der Waals surface area contributed by atoms with E-state index in [2.05, 4.69) is 0 Å². The average molecular weight is 384 g/mol. The first-order valence-corrected chi connectivity index (χ1v) is 9.81. The first kappa shape index (κ1) is 20.1. The Balaban J connectivity index is 1.50. The molecule has 4 nitrogen and oxygen atoms in total. The number of halogens is 1. The van der Waals surface area contributed by atoms with Crippen molar-refractivity contribution in [2.45, 2.75) is 57.7 Å². The van der Waals surface area contributed by atoms with E-state index in [1.54, 1.807) is 24.3 Å². The summed E-state index contributed by atoms with van der Waals surface area (Å²) in [4.78, 5) is 24.0. The average Bonchev–Trinajstić information content (AvgIpc) is 2.70. The van der Waals surface area contributed by atoms with Crippen molar-refractivity contribution >= 4 is 11.9 Å². The third kappa shape index (κ3) is 5.41. The number of benzene rings is 2. The van der Waals surface area contributed by atoms with Crippen LogP contribution in [0.5, 0.6) is 0 Å². The number of esters is 2. The van der Waals surface area contributed by atoms with E-state index in [4.69, 9.17) is 9.47 Å². The topological polar surface area (TPSA) is 52.6 Å². The van der Waals surface area contributed by atoms with Gasteiger partial charge in [0.05, 0.1) is 5.56 Å². The predicted octanol–water partition coefficient (Wildman–Crippen LogP) is 5.30. The molecule has 0 amide bonds. The third-order valence-electron chi connectivity index (χ3n) is 4.95. The van der Waals surface area contributed by atoms with E-state index in [9.17, 15) is 14.0 Å². The highest BCUT2D eigenvalue weighted by Gasteiger charge is 2.26. The smallest absolute Gasteiger partial charge is 0.338 e. The molecule has 1 aliphatic carbocycles. The van der Waals surface area contributed by atoms with E-state index in [-0.39, 0.29) is 30.0 Å². The molecule has 0 saturated heterocycles. The molecule has 148 valence electrons. The molecular formula is C23H25FO4. The van der Waals surface area contributed by atoms with Crippen LogP contribution in [-0.2, 0) is 14.3 Å². The molecule has 0 N–H and O–H groups in total. The Bertz CT molecular complexity index is 790. The fraction of sp³-hybridized carbons (Fsp3) is 0.391. The molecule has 0 spiro atoms. The van der Waals surface area contributed by atoms with E-state index >= 15 is 0 Å². The quantitative estimate of drug-likeness (QED) is 0.634. The fourth-order valence-corrected chi connectivity index (χ4v) is 3.38. The molecule has 0 radical (unpaired) electrons. The summed E-state index contributed by atoms with van der Waals surface area (Å²) in [6, 6.07) is 13.3. The molecule has 0 aromatic heterocycles. The van der Waals surface area contributed by atoms with Crippen LogP contribution in [0.15, 0.2) is 48.5 Å². The monoisotopic (exact) mass is 384 g/mol. The van der Waals surface area contributed by atoms with Gasteiger partial charge in [-0.15, -0.1) is 0 Å². The van der Waals surface area contributed by atoms with Crippen LogP contribution in [-0.4, -0.2) is 24.1 Å². The molecule has 0 unspecified atom stereocenters. The molecular weight excluding hydrogens is 359 g/mol. The van der Waals surface area contributed by atoms with E-state index < -0.39 is 0 Å². The van der Waals surface area contributed by atoms with Crippen LogP contribution >= 0.6 is 0 Å². The Morgan fingerprint density at radius 3 is 1.89 bits per heavy atom. The molecule has 2 aromatic rings. The normalized spacial score (nSPS) is 19.1. The fourth-order valence-electron chi connectivity index (χ4n) is 3.38. The molecule has 0 heterocycles. The van der Waals surface area contributed by atoms with Gasteiger partial charge >= 0.3 is 11.9 Å². The largest absolute Gasteiger partial charge is 0.462 e. The van der Waals surface area contributed by atoms with Crippen LogP contribution in [0.4, 0.5) is 4.39 Å². The Hall–Kier alpha value is -2.69. The van der Waals surface area contributed by atoms with Gasteiger partial charge in [-0.1, -0.05) is 31.2 Å². The Morgan fingerprint density at radius 1 is 0.857 bits per heavy atom. The van der Waals surface area contributed by atoms with Crippen molar-refractivity contribution in [3.8, 4) is 11.1 Å². The van der Waals surface area contributed by atoms with Crippen LogP contribution in [0, 0.1) is 5.82 Å². The van der Waals surface area contributed by atoms with Gasteiger partial charge in [-0.05, 0) is 67.5 Å². The van der Waals surface area contributed by atoms with Crippen molar-refractivity contribution < 1.29 is 23.5 Å². The molecule has 28 heavy (non-hydrogen) atoms. The van der Waals surface area contributed by atoms with Crippen LogP contribution < -0.4 is 0 Å². The summed E-state index contributed by atoms with van der Waals surface area (Å²) in [5.41, 5.74) is 2.28. The van der Waals surface area contributed by atoms with Gasteiger partial charge in [0.25, 0.3) is 0 Å². The summed E-state index contributed by atoms with van der Waals surface area (Å²) in [6.45, 7) is 1.95. The van der Waals surface area contributed by atoms with Gasteiger partial charge in [0, 0.05) is 6.42 Å². The van der Waals surface area contributed by atoms with Gasteiger partial charge in [-0.3, -0.25) is 4.79 Å². The predicted molar refractivity (Wildman–Crippen MR) is 104 cm³/mol. The molecule has 0 atom stereocenters. The van der Waals surface area contributed by atoms with Gasteiger partial charge in [0.15, 0.2) is 0 Å². The van der Waals surface area contributed by atoms with Gasteiger partial charge in [0.2, 0.25) is 0 Å². The minimum atomic E-state index is -0.350. The van der Waals surface area contributed by atoms with E-state index in [1.807, 2.05) is 19.1 Å². The highest BCUT2D eigenvalue weighted by atomic mass is 19.1. The zero-order valence-corrected chi connectivity index (χ0v) is 16.0. The minimum Gasteiger partial charge on any atom is -0.462 e. The Kier molecular flexibility index (Phi) is 6.80. The molecule has 1 saturated carbocycles. The maximum atomic E-state index is 13.0. The summed E-state index contributed by atoms with van der Waals surface area (Å²) in [5, 5.41) is 0.